The fourth-order valence-corrected chi connectivity index (χ4v) is 4.35. The zero-order chi connectivity index (χ0) is 34.1. The van der Waals surface area contributed by atoms with Gasteiger partial charge in [-0.05, 0) is 69.2 Å². The Kier molecular flexibility index (Phi) is 11.5. The maximum absolute atomic E-state index is 12.6. The maximum atomic E-state index is 12.6. The number of phenols is 1. The quantitative estimate of drug-likeness (QED) is 0.146. The minimum atomic E-state index is -3.31. The number of carbonyl (C=O) groups excluding carboxylic acids is 4. The lowest BCUT2D eigenvalue weighted by molar-refractivity contribution is -0.143. The third kappa shape index (κ3) is 9.84. The van der Waals surface area contributed by atoms with E-state index in [4.69, 9.17) is 10.1 Å². The van der Waals surface area contributed by atoms with Crippen LogP contribution in [0.15, 0.2) is 72.8 Å². The second-order valence-electron chi connectivity index (χ2n) is 11.2. The number of benzene rings is 3. The second-order valence-corrected chi connectivity index (χ2v) is 11.2. The Morgan fingerprint density at radius 2 is 1.76 bits per heavy atom. The van der Waals surface area contributed by atoms with Crippen molar-refractivity contribution >= 4 is 41.4 Å². The van der Waals surface area contributed by atoms with Gasteiger partial charge in [-0.15, -0.1) is 0 Å². The Labute approximate surface area is 265 Å². The number of nitrogens with one attached hydrogen (secondary N) is 4. The van der Waals surface area contributed by atoms with Gasteiger partial charge in [0.1, 0.15) is 5.75 Å². The van der Waals surface area contributed by atoms with Crippen LogP contribution in [0.5, 0.6) is 5.75 Å². The molecule has 0 aromatic heterocycles. The van der Waals surface area contributed by atoms with E-state index in [1.807, 2.05) is 30.3 Å². The second kappa shape index (κ2) is 15.1. The fourth-order valence-electron chi connectivity index (χ4n) is 4.35. The van der Waals surface area contributed by atoms with E-state index in [0.29, 0.717) is 35.8 Å². The molecule has 4 rings (SSSR count). The zero-order valence-corrected chi connectivity index (χ0v) is 25.9. The van der Waals surface area contributed by atoms with E-state index < -0.39 is 29.4 Å². The van der Waals surface area contributed by atoms with Crippen LogP contribution in [0.25, 0.3) is 0 Å². The number of carbonyl (C=O) groups is 4. The van der Waals surface area contributed by atoms with Crippen molar-refractivity contribution in [2.45, 2.75) is 51.7 Å². The van der Waals surface area contributed by atoms with Crippen molar-refractivity contribution in [3.8, 4) is 5.75 Å². The van der Waals surface area contributed by atoms with E-state index in [-0.39, 0.29) is 30.8 Å². The van der Waals surface area contributed by atoms with Crippen LogP contribution in [0.1, 0.15) is 49.2 Å². The summed E-state index contributed by atoms with van der Waals surface area (Å²) in [6, 6.07) is 20.4. The number of rotatable bonds is 11. The van der Waals surface area contributed by atoms with Crippen LogP contribution in [0, 0.1) is 5.41 Å². The number of ether oxygens (including phenoxy) is 1. The van der Waals surface area contributed by atoms with Crippen LogP contribution in [-0.2, 0) is 20.7 Å². The molecule has 1 atom stereocenters. The SMILES string of the molecule is CC(Cc1ccccc1)NC(=O)C(C)(F)F.CC1(C)OC(=O)N(CCNC(=O)c2cccc(Nc3ccc(O)cc3C=N)c2)C1=O. The standard InChI is InChI=1S/C21H22N4O5.C12H15F2NO/c1-21(2)19(28)25(20(29)30-21)9-8-23-18(27)13-4-3-5-15(10-13)24-17-7-6-16(26)11-14(17)12-22;1-9(15-11(16)12(2,13)14)8-10-6-4-3-5-7-10/h3-7,10-12,22,24,26H,8-9H2,1-2H3,(H,23,27);3-7,9H,8H2,1-2H3,(H,15,16). The van der Waals surface area contributed by atoms with Gasteiger partial charge in [-0.1, -0.05) is 36.4 Å². The number of amides is 4. The lowest BCUT2D eigenvalue weighted by Crippen LogP contribution is -2.43. The summed E-state index contributed by atoms with van der Waals surface area (Å²) in [7, 11) is 0. The highest BCUT2D eigenvalue weighted by molar-refractivity contribution is 6.02. The van der Waals surface area contributed by atoms with Crippen molar-refractivity contribution in [1.29, 1.82) is 5.41 Å². The lowest BCUT2D eigenvalue weighted by Gasteiger charge is -2.17. The first-order chi connectivity index (χ1) is 21.6. The molecule has 1 unspecified atom stereocenters. The molecule has 0 spiro atoms. The molecule has 11 nitrogen and oxygen atoms in total. The summed E-state index contributed by atoms with van der Waals surface area (Å²) >= 11 is 0. The number of phenolic OH excluding ortho intramolecular Hbond substituents is 1. The summed E-state index contributed by atoms with van der Waals surface area (Å²) in [5, 5.41) is 25.1. The molecule has 1 aliphatic rings. The Morgan fingerprint density at radius 3 is 2.37 bits per heavy atom. The van der Waals surface area contributed by atoms with Gasteiger partial charge in [0, 0.05) is 54.8 Å². The summed E-state index contributed by atoms with van der Waals surface area (Å²) in [4.78, 5) is 48.3. The Morgan fingerprint density at radius 1 is 1.07 bits per heavy atom. The molecule has 0 bridgehead atoms. The normalized spacial score (nSPS) is 14.3. The highest BCUT2D eigenvalue weighted by atomic mass is 19.3. The van der Waals surface area contributed by atoms with Crippen molar-refractivity contribution in [3.63, 3.8) is 0 Å². The first-order valence-corrected chi connectivity index (χ1v) is 14.4. The number of halogens is 2. The Bertz CT molecular complexity index is 1580. The first-order valence-electron chi connectivity index (χ1n) is 14.4. The molecule has 5 N–H and O–H groups in total. The predicted octanol–water partition coefficient (Wildman–Crippen LogP) is 5.01. The van der Waals surface area contributed by atoms with Gasteiger partial charge >= 0.3 is 12.0 Å². The van der Waals surface area contributed by atoms with Gasteiger partial charge in [0.25, 0.3) is 17.7 Å². The highest BCUT2D eigenvalue weighted by Gasteiger charge is 2.46. The molecule has 0 aliphatic carbocycles. The molecule has 1 aliphatic heterocycles. The van der Waals surface area contributed by atoms with Gasteiger partial charge in [-0.2, -0.15) is 8.78 Å². The summed E-state index contributed by atoms with van der Waals surface area (Å²) in [6.07, 6.45) is 0.939. The molecule has 244 valence electrons. The summed E-state index contributed by atoms with van der Waals surface area (Å²) < 4.78 is 30.2. The van der Waals surface area contributed by atoms with Crippen molar-refractivity contribution in [3.05, 3.63) is 89.5 Å². The largest absolute Gasteiger partial charge is 0.508 e. The van der Waals surface area contributed by atoms with E-state index in [2.05, 4.69) is 16.0 Å². The molecule has 1 heterocycles. The van der Waals surface area contributed by atoms with Gasteiger partial charge in [-0.3, -0.25) is 14.4 Å². The van der Waals surface area contributed by atoms with Crippen molar-refractivity contribution < 1.29 is 37.8 Å². The molecule has 3 aromatic rings. The van der Waals surface area contributed by atoms with E-state index in [1.165, 1.54) is 26.0 Å². The van der Waals surface area contributed by atoms with Crippen LogP contribution < -0.4 is 16.0 Å². The van der Waals surface area contributed by atoms with Gasteiger partial charge in [0.05, 0.1) is 0 Å². The van der Waals surface area contributed by atoms with Crippen LogP contribution in [0.2, 0.25) is 0 Å². The Hall–Kier alpha value is -5.33. The van der Waals surface area contributed by atoms with Crippen LogP contribution >= 0.6 is 0 Å². The molecule has 3 aromatic carbocycles. The number of imide groups is 1. The molecule has 13 heteroatoms. The predicted molar refractivity (Wildman–Crippen MR) is 169 cm³/mol. The van der Waals surface area contributed by atoms with Gasteiger partial charge in [0.15, 0.2) is 5.60 Å². The van der Waals surface area contributed by atoms with Crippen molar-refractivity contribution in [2.24, 2.45) is 0 Å². The van der Waals surface area contributed by atoms with Crippen LogP contribution in [0.3, 0.4) is 0 Å². The third-order valence-corrected chi connectivity index (χ3v) is 6.70. The minimum Gasteiger partial charge on any atom is -0.508 e. The minimum absolute atomic E-state index is 0.0149. The average molecular weight is 638 g/mol. The van der Waals surface area contributed by atoms with E-state index in [0.717, 1.165) is 16.7 Å². The first kappa shape index (κ1) is 35.2. The number of aromatic hydroxyl groups is 1. The smallest absolute Gasteiger partial charge is 0.417 e. The summed E-state index contributed by atoms with van der Waals surface area (Å²) in [5.41, 5.74) is 1.92. The molecule has 0 radical (unpaired) electrons. The molecule has 46 heavy (non-hydrogen) atoms. The topological polar surface area (TPSA) is 161 Å². The molecule has 4 amide bonds. The molecule has 1 saturated heterocycles. The number of hydrogen-bond acceptors (Lipinski definition) is 8. The van der Waals surface area contributed by atoms with E-state index in [9.17, 15) is 33.1 Å². The molecule has 1 fully saturated rings. The van der Waals surface area contributed by atoms with E-state index >= 15 is 0 Å². The zero-order valence-electron chi connectivity index (χ0n) is 25.9. The average Bonchev–Trinajstić information content (AvgIpc) is 3.19. The van der Waals surface area contributed by atoms with Gasteiger partial charge in [0.2, 0.25) is 0 Å². The third-order valence-electron chi connectivity index (χ3n) is 6.70. The summed E-state index contributed by atoms with van der Waals surface area (Å²) in [6.45, 7) is 5.43. The lowest BCUT2D eigenvalue weighted by atomic mass is 10.1. The number of cyclic esters (lactones) is 1. The number of anilines is 2. The van der Waals surface area contributed by atoms with Crippen molar-refractivity contribution in [2.75, 3.05) is 18.4 Å². The maximum Gasteiger partial charge on any atom is 0.417 e. The van der Waals surface area contributed by atoms with Crippen LogP contribution in [-0.4, -0.2) is 70.7 Å². The number of hydrogen-bond donors (Lipinski definition) is 5. The number of nitrogens with zero attached hydrogens (tertiary/aromatic N) is 1. The summed E-state index contributed by atoms with van der Waals surface area (Å²) in [5.74, 6) is -5.29. The van der Waals surface area contributed by atoms with E-state index in [1.54, 1.807) is 37.3 Å². The highest BCUT2D eigenvalue weighted by Crippen LogP contribution is 2.25. The molecule has 0 saturated carbocycles. The monoisotopic (exact) mass is 637 g/mol. The fraction of sp³-hybridized carbons (Fsp3) is 0.303. The molecular weight excluding hydrogens is 600 g/mol. The van der Waals surface area contributed by atoms with Crippen LogP contribution in [0.4, 0.5) is 25.0 Å². The number of alkyl halides is 2. The van der Waals surface area contributed by atoms with Gasteiger partial charge < -0.3 is 31.2 Å². The Balaban J connectivity index is 0.000000304. The van der Waals surface area contributed by atoms with Gasteiger partial charge in [-0.25, -0.2) is 9.69 Å². The van der Waals surface area contributed by atoms with Crippen molar-refractivity contribution in [1.82, 2.24) is 15.5 Å². The molecular formula is C33H37F2N5O6.